The predicted octanol–water partition coefficient (Wildman–Crippen LogP) is 5.07. The molecule has 1 aromatic heterocycles. The van der Waals surface area contributed by atoms with Gasteiger partial charge in [0.05, 0.1) is 0 Å². The molecule has 2 nitrogen and oxygen atoms in total. The van der Waals surface area contributed by atoms with Crippen LogP contribution in [0.2, 0.25) is 0 Å². The van der Waals surface area contributed by atoms with Gasteiger partial charge in [-0.1, -0.05) is 66.7 Å². The molecule has 2 N–H and O–H groups in total. The lowest BCUT2D eigenvalue weighted by Gasteiger charge is -2.07. The van der Waals surface area contributed by atoms with E-state index < -0.39 is 7.12 Å². The molecule has 0 aliphatic heterocycles. The summed E-state index contributed by atoms with van der Waals surface area (Å²) < 4.78 is 2.26. The molecule has 5 rings (SSSR count). The van der Waals surface area contributed by atoms with Crippen molar-refractivity contribution in [2.75, 3.05) is 0 Å². The maximum absolute atomic E-state index is 9.43. The quantitative estimate of drug-likeness (QED) is 0.429. The van der Waals surface area contributed by atoms with Gasteiger partial charge in [0.15, 0.2) is 0 Å². The molecule has 0 aliphatic carbocycles. The van der Waals surface area contributed by atoms with Crippen molar-refractivity contribution in [1.82, 2.24) is 0 Å². The van der Waals surface area contributed by atoms with Crippen molar-refractivity contribution < 1.29 is 10.0 Å². The Labute approximate surface area is 167 Å². The Kier molecular flexibility index (Phi) is 4.25. The van der Waals surface area contributed by atoms with E-state index in [4.69, 9.17) is 0 Å². The molecule has 0 saturated heterocycles. The lowest BCUT2D eigenvalue weighted by atomic mass is 9.80. The molecule has 0 bridgehead atoms. The monoisotopic (exact) mass is 380 g/mol. The van der Waals surface area contributed by atoms with E-state index in [-0.39, 0.29) is 0 Å². The Balaban J connectivity index is 1.63. The molecule has 28 heavy (non-hydrogen) atoms. The van der Waals surface area contributed by atoms with Gasteiger partial charge >= 0.3 is 7.12 Å². The Morgan fingerprint density at radius 1 is 0.536 bits per heavy atom. The second-order valence-corrected chi connectivity index (χ2v) is 7.97. The number of hydrogen-bond donors (Lipinski definition) is 2. The lowest BCUT2D eigenvalue weighted by Crippen LogP contribution is -2.29. The summed E-state index contributed by atoms with van der Waals surface area (Å²) in [6, 6.07) is 31.2. The summed E-state index contributed by atoms with van der Waals surface area (Å²) in [5.41, 5.74) is 5.30. The normalized spacial score (nSPS) is 11.2. The van der Waals surface area contributed by atoms with Crippen molar-refractivity contribution in [2.45, 2.75) is 0 Å². The molecule has 0 saturated carbocycles. The SMILES string of the molecule is OB(O)c1ccc2c(c1)sc1ccc(-c3cccc(-c4ccccc4)c3)cc12. The smallest absolute Gasteiger partial charge is 0.423 e. The molecule has 0 fully saturated rings. The van der Waals surface area contributed by atoms with Gasteiger partial charge in [-0.3, -0.25) is 0 Å². The minimum atomic E-state index is -1.44. The van der Waals surface area contributed by atoms with Gasteiger partial charge in [0.2, 0.25) is 0 Å². The molecule has 4 aromatic carbocycles. The molecule has 5 aromatic rings. The van der Waals surface area contributed by atoms with E-state index in [0.29, 0.717) is 5.46 Å². The van der Waals surface area contributed by atoms with E-state index in [0.717, 1.165) is 10.1 Å². The van der Waals surface area contributed by atoms with Crippen LogP contribution in [0, 0.1) is 0 Å². The zero-order valence-corrected chi connectivity index (χ0v) is 15.9. The molecular weight excluding hydrogens is 363 g/mol. The van der Waals surface area contributed by atoms with Gasteiger partial charge in [-0.25, -0.2) is 0 Å². The zero-order valence-electron chi connectivity index (χ0n) is 15.0. The average Bonchev–Trinajstić information content (AvgIpc) is 3.11. The molecule has 0 unspecified atom stereocenters. The Hall–Kier alpha value is -2.92. The first-order valence-electron chi connectivity index (χ1n) is 9.17. The van der Waals surface area contributed by atoms with Crippen LogP contribution in [0.5, 0.6) is 0 Å². The Morgan fingerprint density at radius 3 is 2.04 bits per heavy atom. The summed E-state index contributed by atoms with van der Waals surface area (Å²) in [6.45, 7) is 0. The third kappa shape index (κ3) is 3.02. The van der Waals surface area contributed by atoms with Gasteiger partial charge in [-0.05, 0) is 52.0 Å². The molecule has 134 valence electrons. The lowest BCUT2D eigenvalue weighted by molar-refractivity contribution is 0.426. The standard InChI is InChI=1S/C24H17BO2S/c26-25(27)20-10-11-21-22-14-19(9-12-23(22)28-24(21)15-20)18-8-4-7-17(13-18)16-5-2-1-3-6-16/h1-15,26-27H. The minimum absolute atomic E-state index is 0.523. The van der Waals surface area contributed by atoms with Crippen LogP contribution >= 0.6 is 11.3 Å². The highest BCUT2D eigenvalue weighted by molar-refractivity contribution is 7.25. The summed E-state index contributed by atoms with van der Waals surface area (Å²) in [6.07, 6.45) is 0. The summed E-state index contributed by atoms with van der Waals surface area (Å²) in [5, 5.41) is 21.2. The second kappa shape index (κ2) is 6.91. The predicted molar refractivity (Wildman–Crippen MR) is 120 cm³/mol. The highest BCUT2D eigenvalue weighted by Crippen LogP contribution is 2.36. The first-order chi connectivity index (χ1) is 13.7. The molecule has 0 radical (unpaired) electrons. The third-order valence-corrected chi connectivity index (χ3v) is 6.23. The van der Waals surface area contributed by atoms with Crippen molar-refractivity contribution in [3.05, 3.63) is 91.0 Å². The number of rotatable bonds is 3. The topological polar surface area (TPSA) is 40.5 Å². The van der Waals surface area contributed by atoms with Gasteiger partial charge in [-0.15, -0.1) is 11.3 Å². The first-order valence-corrected chi connectivity index (χ1v) is 9.99. The van der Waals surface area contributed by atoms with Crippen LogP contribution in [0.3, 0.4) is 0 Å². The van der Waals surface area contributed by atoms with E-state index in [1.54, 1.807) is 17.4 Å². The van der Waals surface area contributed by atoms with Crippen LogP contribution in [0.4, 0.5) is 0 Å². The van der Waals surface area contributed by atoms with Gasteiger partial charge in [0.1, 0.15) is 0 Å². The molecule has 0 atom stereocenters. The van der Waals surface area contributed by atoms with Gasteiger partial charge in [-0.2, -0.15) is 0 Å². The van der Waals surface area contributed by atoms with Gasteiger partial charge in [0.25, 0.3) is 0 Å². The molecule has 1 heterocycles. The summed E-state index contributed by atoms with van der Waals surface area (Å²) in [4.78, 5) is 0. The fourth-order valence-electron chi connectivity index (χ4n) is 3.64. The largest absolute Gasteiger partial charge is 0.488 e. The molecular formula is C24H17BO2S. The van der Waals surface area contributed by atoms with E-state index in [1.165, 1.54) is 32.3 Å². The second-order valence-electron chi connectivity index (χ2n) is 6.89. The fraction of sp³-hybridized carbons (Fsp3) is 0. The van der Waals surface area contributed by atoms with E-state index in [1.807, 2.05) is 18.2 Å². The summed E-state index contributed by atoms with van der Waals surface area (Å²) in [5.74, 6) is 0. The number of benzene rings is 4. The maximum Gasteiger partial charge on any atom is 0.488 e. The van der Waals surface area contributed by atoms with Crippen molar-refractivity contribution in [3.8, 4) is 22.3 Å². The van der Waals surface area contributed by atoms with E-state index in [2.05, 4.69) is 66.7 Å². The summed E-state index contributed by atoms with van der Waals surface area (Å²) >= 11 is 1.67. The molecule has 0 aliphatic rings. The van der Waals surface area contributed by atoms with Crippen molar-refractivity contribution in [2.24, 2.45) is 0 Å². The Bertz CT molecular complexity index is 1290. The van der Waals surface area contributed by atoms with Crippen LogP contribution < -0.4 is 5.46 Å². The highest BCUT2D eigenvalue weighted by Gasteiger charge is 2.14. The molecule has 0 spiro atoms. The van der Waals surface area contributed by atoms with Crippen molar-refractivity contribution in [1.29, 1.82) is 0 Å². The first kappa shape index (κ1) is 17.2. The molecule has 0 amide bonds. The maximum atomic E-state index is 9.43. The molecule has 4 heteroatoms. The number of thiophene rings is 1. The van der Waals surface area contributed by atoms with Crippen LogP contribution in [-0.4, -0.2) is 17.2 Å². The van der Waals surface area contributed by atoms with Crippen molar-refractivity contribution >= 4 is 44.1 Å². The van der Waals surface area contributed by atoms with Crippen LogP contribution in [0.1, 0.15) is 0 Å². The Morgan fingerprint density at radius 2 is 1.25 bits per heavy atom. The number of hydrogen-bond acceptors (Lipinski definition) is 3. The van der Waals surface area contributed by atoms with Crippen LogP contribution in [0.15, 0.2) is 91.0 Å². The average molecular weight is 380 g/mol. The van der Waals surface area contributed by atoms with Crippen LogP contribution in [-0.2, 0) is 0 Å². The van der Waals surface area contributed by atoms with Crippen molar-refractivity contribution in [3.63, 3.8) is 0 Å². The highest BCUT2D eigenvalue weighted by atomic mass is 32.1. The van der Waals surface area contributed by atoms with Gasteiger partial charge in [0, 0.05) is 20.2 Å². The fourth-order valence-corrected chi connectivity index (χ4v) is 4.78. The van der Waals surface area contributed by atoms with Crippen LogP contribution in [0.25, 0.3) is 42.4 Å². The zero-order chi connectivity index (χ0) is 19.1. The summed E-state index contributed by atoms with van der Waals surface area (Å²) in [7, 11) is -1.44. The number of fused-ring (bicyclic) bond motifs is 3. The minimum Gasteiger partial charge on any atom is -0.423 e. The van der Waals surface area contributed by atoms with Gasteiger partial charge < -0.3 is 10.0 Å². The van der Waals surface area contributed by atoms with E-state index >= 15 is 0 Å². The third-order valence-electron chi connectivity index (χ3n) is 5.10. The van der Waals surface area contributed by atoms with E-state index in [9.17, 15) is 10.0 Å².